The van der Waals surface area contributed by atoms with Crippen molar-refractivity contribution in [1.82, 2.24) is 19.8 Å². The van der Waals surface area contributed by atoms with Crippen molar-refractivity contribution in [2.24, 2.45) is 0 Å². The summed E-state index contributed by atoms with van der Waals surface area (Å²) in [5, 5.41) is 13.1. The number of aromatic nitrogens is 2. The van der Waals surface area contributed by atoms with Crippen LogP contribution in [0, 0.1) is 0 Å². The van der Waals surface area contributed by atoms with Crippen molar-refractivity contribution in [3.63, 3.8) is 0 Å². The molecule has 0 saturated carbocycles. The van der Waals surface area contributed by atoms with Gasteiger partial charge in [0.25, 0.3) is 5.92 Å². The van der Waals surface area contributed by atoms with Crippen molar-refractivity contribution < 1.29 is 23.4 Å². The van der Waals surface area contributed by atoms with Gasteiger partial charge < -0.3 is 20.1 Å². The van der Waals surface area contributed by atoms with Crippen LogP contribution in [0.2, 0.25) is 0 Å². The highest BCUT2D eigenvalue weighted by molar-refractivity contribution is 5.88. The molecule has 2 saturated heterocycles. The molecule has 2 N–H and O–H groups in total. The maximum Gasteiger partial charge on any atom is 0.417 e. The molecule has 3 atom stereocenters. The molecule has 2 fully saturated rings. The predicted molar refractivity (Wildman–Crippen MR) is 123 cm³/mol. The van der Waals surface area contributed by atoms with Gasteiger partial charge in [0.05, 0.1) is 18.6 Å². The Balaban J connectivity index is 1.36. The molecular formula is C23H30F2N6O3. The molecule has 2 aromatic rings. The number of nitrogens with zero attached hydrogens (tertiary/aromatic N) is 5. The van der Waals surface area contributed by atoms with Gasteiger partial charge in [-0.2, -0.15) is 4.98 Å². The van der Waals surface area contributed by atoms with Crippen molar-refractivity contribution in [3.05, 3.63) is 47.7 Å². The fraction of sp³-hybridized carbons (Fsp3) is 0.522. The third kappa shape index (κ3) is 5.26. The van der Waals surface area contributed by atoms with Gasteiger partial charge in [-0.3, -0.25) is 4.90 Å². The summed E-state index contributed by atoms with van der Waals surface area (Å²) < 4.78 is 33.8. The Hall–Kier alpha value is -2.89. The maximum atomic E-state index is 14.5. The fourth-order valence-electron chi connectivity index (χ4n) is 4.43. The number of hydrogen-bond donors (Lipinski definition) is 2. The lowest BCUT2D eigenvalue weighted by atomic mass is 9.99. The minimum atomic E-state index is -2.74. The SMILES string of the molecule is C[C@H](Nc1nccc(N2C(=O)OC[C@@H]2O)n1)c1ccc(CN2CCC(N(C)C)C(F)(F)C2)cc1. The van der Waals surface area contributed by atoms with Crippen LogP contribution in [-0.4, -0.2) is 83.0 Å². The molecule has 1 aromatic heterocycles. The molecule has 0 radical (unpaired) electrons. The highest BCUT2D eigenvalue weighted by Crippen LogP contribution is 2.31. The van der Waals surface area contributed by atoms with Crippen LogP contribution in [0.5, 0.6) is 0 Å². The van der Waals surface area contributed by atoms with Gasteiger partial charge in [0, 0.05) is 19.3 Å². The van der Waals surface area contributed by atoms with Crippen molar-refractivity contribution in [1.29, 1.82) is 0 Å². The number of benzene rings is 1. The van der Waals surface area contributed by atoms with Gasteiger partial charge in [-0.05, 0) is 44.6 Å². The summed E-state index contributed by atoms with van der Waals surface area (Å²) >= 11 is 0. The van der Waals surface area contributed by atoms with Gasteiger partial charge in [-0.1, -0.05) is 24.3 Å². The van der Waals surface area contributed by atoms with Crippen molar-refractivity contribution >= 4 is 17.9 Å². The monoisotopic (exact) mass is 476 g/mol. The van der Waals surface area contributed by atoms with E-state index in [1.54, 1.807) is 23.9 Å². The van der Waals surface area contributed by atoms with E-state index in [1.807, 2.05) is 31.2 Å². The van der Waals surface area contributed by atoms with E-state index in [9.17, 15) is 18.7 Å². The Morgan fingerprint density at radius 1 is 1.29 bits per heavy atom. The number of cyclic esters (lactones) is 1. The summed E-state index contributed by atoms with van der Waals surface area (Å²) in [6, 6.07) is 8.42. The Morgan fingerprint density at radius 3 is 2.65 bits per heavy atom. The Bertz CT molecular complexity index is 1010. The molecule has 1 unspecified atom stereocenters. The van der Waals surface area contributed by atoms with E-state index >= 15 is 0 Å². The molecule has 0 aliphatic carbocycles. The van der Waals surface area contributed by atoms with Crippen LogP contribution in [-0.2, 0) is 11.3 Å². The number of anilines is 2. The highest BCUT2D eigenvalue weighted by Gasteiger charge is 2.45. The molecule has 3 heterocycles. The summed E-state index contributed by atoms with van der Waals surface area (Å²) in [5.74, 6) is -2.20. The lowest BCUT2D eigenvalue weighted by Crippen LogP contribution is -2.56. The van der Waals surface area contributed by atoms with Crippen LogP contribution in [0.1, 0.15) is 30.5 Å². The average Bonchev–Trinajstić information content (AvgIpc) is 3.11. The van der Waals surface area contributed by atoms with Crippen molar-refractivity contribution in [2.45, 2.75) is 44.1 Å². The van der Waals surface area contributed by atoms with E-state index in [4.69, 9.17) is 4.74 Å². The second-order valence-electron chi connectivity index (χ2n) is 9.01. The third-order valence-corrected chi connectivity index (χ3v) is 6.23. The number of amides is 1. The Labute approximate surface area is 197 Å². The molecular weight excluding hydrogens is 446 g/mol. The number of carbonyl (C=O) groups excluding carboxylic acids is 1. The van der Waals surface area contributed by atoms with Gasteiger partial charge in [0.15, 0.2) is 6.23 Å². The summed E-state index contributed by atoms with van der Waals surface area (Å²) in [5.41, 5.74) is 1.94. The summed E-state index contributed by atoms with van der Waals surface area (Å²) in [6.07, 6.45) is 0.177. The molecule has 2 aliphatic heterocycles. The minimum absolute atomic E-state index is 0.111. The van der Waals surface area contributed by atoms with Crippen LogP contribution < -0.4 is 10.2 Å². The van der Waals surface area contributed by atoms with E-state index in [-0.39, 0.29) is 25.0 Å². The maximum absolute atomic E-state index is 14.5. The molecule has 9 nitrogen and oxygen atoms in total. The van der Waals surface area contributed by atoms with Gasteiger partial charge in [-0.15, -0.1) is 0 Å². The summed E-state index contributed by atoms with van der Waals surface area (Å²) in [7, 11) is 3.40. The van der Waals surface area contributed by atoms with E-state index in [1.165, 1.54) is 12.3 Å². The van der Waals surface area contributed by atoms with E-state index < -0.39 is 24.3 Å². The zero-order chi connectivity index (χ0) is 24.5. The van der Waals surface area contributed by atoms with Crippen LogP contribution >= 0.6 is 0 Å². The van der Waals surface area contributed by atoms with Gasteiger partial charge in [0.1, 0.15) is 12.4 Å². The minimum Gasteiger partial charge on any atom is -0.444 e. The molecule has 34 heavy (non-hydrogen) atoms. The molecule has 4 rings (SSSR count). The third-order valence-electron chi connectivity index (χ3n) is 6.23. The highest BCUT2D eigenvalue weighted by atomic mass is 19.3. The number of aliphatic hydroxyl groups is 1. The number of alkyl halides is 2. The number of aliphatic hydroxyl groups excluding tert-OH is 1. The number of ether oxygens (including phenoxy) is 1. The van der Waals surface area contributed by atoms with Gasteiger partial charge in [-0.25, -0.2) is 23.5 Å². The number of piperidine rings is 1. The topological polar surface area (TPSA) is 94.1 Å². The number of hydrogen-bond acceptors (Lipinski definition) is 8. The average molecular weight is 477 g/mol. The van der Waals surface area contributed by atoms with Gasteiger partial charge >= 0.3 is 6.09 Å². The van der Waals surface area contributed by atoms with E-state index in [0.717, 1.165) is 16.0 Å². The lowest BCUT2D eigenvalue weighted by molar-refractivity contribution is -0.119. The molecule has 0 spiro atoms. The number of halogens is 2. The smallest absolute Gasteiger partial charge is 0.417 e. The zero-order valence-electron chi connectivity index (χ0n) is 19.5. The summed E-state index contributed by atoms with van der Waals surface area (Å²) in [4.78, 5) is 24.8. The first kappa shape index (κ1) is 24.2. The number of rotatable bonds is 7. The Morgan fingerprint density at radius 2 is 2.03 bits per heavy atom. The first-order valence-electron chi connectivity index (χ1n) is 11.2. The van der Waals surface area contributed by atoms with E-state index in [0.29, 0.717) is 25.5 Å². The van der Waals surface area contributed by atoms with E-state index in [2.05, 4.69) is 15.3 Å². The largest absolute Gasteiger partial charge is 0.444 e. The molecule has 184 valence electrons. The quantitative estimate of drug-likeness (QED) is 0.630. The van der Waals surface area contributed by atoms with Crippen LogP contribution in [0.3, 0.4) is 0 Å². The molecule has 1 amide bonds. The number of likely N-dealkylation sites (tertiary alicyclic amines) is 1. The molecule has 0 bridgehead atoms. The fourth-order valence-corrected chi connectivity index (χ4v) is 4.43. The summed E-state index contributed by atoms with van der Waals surface area (Å²) in [6.45, 7) is 2.68. The molecule has 11 heteroatoms. The van der Waals surface area contributed by atoms with Crippen LogP contribution in [0.25, 0.3) is 0 Å². The normalized spacial score (nSPS) is 23.7. The predicted octanol–water partition coefficient (Wildman–Crippen LogP) is 2.70. The van der Waals surface area contributed by atoms with Crippen LogP contribution in [0.4, 0.5) is 25.3 Å². The van der Waals surface area contributed by atoms with Crippen molar-refractivity contribution in [3.8, 4) is 0 Å². The molecule has 2 aliphatic rings. The van der Waals surface area contributed by atoms with Crippen LogP contribution in [0.15, 0.2) is 36.5 Å². The first-order chi connectivity index (χ1) is 16.1. The lowest BCUT2D eigenvalue weighted by Gasteiger charge is -2.41. The number of carbonyl (C=O) groups is 1. The molecule has 1 aromatic carbocycles. The number of nitrogens with one attached hydrogen (secondary N) is 1. The van der Waals surface area contributed by atoms with Crippen molar-refractivity contribution in [2.75, 3.05) is 44.0 Å². The second-order valence-corrected chi connectivity index (χ2v) is 9.01. The first-order valence-corrected chi connectivity index (χ1v) is 11.2. The Kier molecular flexibility index (Phi) is 6.96. The zero-order valence-corrected chi connectivity index (χ0v) is 19.5. The second kappa shape index (κ2) is 9.77. The standard InChI is InChI=1S/C23H30F2N6O3/c1-15(27-21-26-10-8-19(28-21)31-20(32)13-34-22(31)33)17-6-4-16(5-7-17)12-30-11-9-18(29(2)3)23(24,25)14-30/h4-8,10,15,18,20,32H,9,11-14H2,1-3H3,(H,26,27,28)/t15-,18?,20-/m0/s1. The van der Waals surface area contributed by atoms with Gasteiger partial charge in [0.2, 0.25) is 5.95 Å².